The number of amides is 3. The summed E-state index contributed by atoms with van der Waals surface area (Å²) in [5.41, 5.74) is 1.23. The highest BCUT2D eigenvalue weighted by molar-refractivity contribution is 6.16. The molecule has 1 aliphatic carbocycles. The number of pyridine rings is 1. The fourth-order valence-electron chi connectivity index (χ4n) is 3.44. The van der Waals surface area contributed by atoms with E-state index in [4.69, 9.17) is 10.00 Å². The molecule has 0 bridgehead atoms. The molecule has 0 unspecified atom stereocenters. The minimum absolute atomic E-state index is 0.313. The third kappa shape index (κ3) is 2.97. The van der Waals surface area contributed by atoms with E-state index in [1.54, 1.807) is 31.2 Å². The number of carbonyl (C=O) groups excluding carboxylic acids is 2. The Hall–Kier alpha value is -3.40. The number of hydrogen-bond donors (Lipinski definition) is 1. The largest absolute Gasteiger partial charge is 0.439 e. The van der Waals surface area contributed by atoms with Crippen molar-refractivity contribution in [3.8, 4) is 17.7 Å². The van der Waals surface area contributed by atoms with Crippen LogP contribution in [-0.4, -0.2) is 22.5 Å². The molecule has 1 aromatic carbocycles. The number of hydrogen-bond acceptors (Lipinski definition) is 5. The van der Waals surface area contributed by atoms with Gasteiger partial charge in [0.05, 0.1) is 23.5 Å². The van der Waals surface area contributed by atoms with Gasteiger partial charge in [-0.25, -0.2) is 9.78 Å². The topological polar surface area (TPSA) is 95.3 Å². The zero-order valence-electron chi connectivity index (χ0n) is 15.7. The normalized spacial score (nSPS) is 21.4. The Morgan fingerprint density at radius 3 is 2.71 bits per heavy atom. The molecular weight excluding hydrogens is 356 g/mol. The van der Waals surface area contributed by atoms with Gasteiger partial charge in [0.15, 0.2) is 0 Å². The second-order valence-electron chi connectivity index (χ2n) is 7.32. The van der Waals surface area contributed by atoms with E-state index >= 15 is 0 Å². The van der Waals surface area contributed by atoms with Gasteiger partial charge in [-0.3, -0.25) is 15.0 Å². The fraction of sp³-hybridized carbons (Fsp3) is 0.333. The molecule has 1 N–H and O–H groups in total. The van der Waals surface area contributed by atoms with Crippen molar-refractivity contribution in [1.82, 2.24) is 10.3 Å². The van der Waals surface area contributed by atoms with Gasteiger partial charge < -0.3 is 4.74 Å². The van der Waals surface area contributed by atoms with Crippen LogP contribution in [0.25, 0.3) is 0 Å². The Balaban J connectivity index is 1.59. The van der Waals surface area contributed by atoms with Gasteiger partial charge in [0.25, 0.3) is 5.91 Å². The van der Waals surface area contributed by atoms with E-state index in [0.717, 1.165) is 18.4 Å². The van der Waals surface area contributed by atoms with Crippen LogP contribution < -0.4 is 15.0 Å². The molecule has 142 valence electrons. The van der Waals surface area contributed by atoms with E-state index in [-0.39, 0.29) is 5.91 Å². The molecule has 2 fully saturated rings. The standard InChI is InChI=1S/C21H20N4O3/c1-3-21(2)19(26)24-20(27)25(21)15-7-9-18(23-12-15)28-17-8-4-13(11-22)10-16(17)14-5-6-14/h4,7-10,12,14H,3,5-6H2,1-2H3,(H,24,26,27)/t21-/m1/s1. The van der Waals surface area contributed by atoms with Crippen molar-refractivity contribution in [2.45, 2.75) is 44.6 Å². The lowest BCUT2D eigenvalue weighted by atomic mass is 9.97. The third-order valence-electron chi connectivity index (χ3n) is 5.44. The van der Waals surface area contributed by atoms with Crippen molar-refractivity contribution in [2.24, 2.45) is 0 Å². The van der Waals surface area contributed by atoms with Crippen LogP contribution in [-0.2, 0) is 4.79 Å². The summed E-state index contributed by atoms with van der Waals surface area (Å²) >= 11 is 0. The number of rotatable bonds is 5. The Morgan fingerprint density at radius 2 is 2.11 bits per heavy atom. The number of ether oxygens (including phenoxy) is 1. The summed E-state index contributed by atoms with van der Waals surface area (Å²) in [5.74, 6) is 1.19. The van der Waals surface area contributed by atoms with Crippen LogP contribution in [0.1, 0.15) is 50.2 Å². The molecule has 0 radical (unpaired) electrons. The van der Waals surface area contributed by atoms with Crippen molar-refractivity contribution in [1.29, 1.82) is 5.26 Å². The van der Waals surface area contributed by atoms with Gasteiger partial charge in [0.2, 0.25) is 5.88 Å². The summed E-state index contributed by atoms with van der Waals surface area (Å²) in [4.78, 5) is 30.1. The highest BCUT2D eigenvalue weighted by atomic mass is 16.5. The molecule has 1 atom stereocenters. The monoisotopic (exact) mass is 376 g/mol. The Bertz CT molecular complexity index is 992. The number of nitrogens with one attached hydrogen (secondary N) is 1. The van der Waals surface area contributed by atoms with Gasteiger partial charge in [-0.2, -0.15) is 5.26 Å². The molecule has 2 heterocycles. The molecule has 3 amide bonds. The van der Waals surface area contributed by atoms with Gasteiger partial charge in [-0.05, 0) is 61.9 Å². The van der Waals surface area contributed by atoms with E-state index in [2.05, 4.69) is 16.4 Å². The summed E-state index contributed by atoms with van der Waals surface area (Å²) in [6.07, 6.45) is 4.19. The molecule has 4 rings (SSSR count). The number of urea groups is 1. The van der Waals surface area contributed by atoms with Gasteiger partial charge in [-0.1, -0.05) is 6.92 Å². The van der Waals surface area contributed by atoms with Gasteiger partial charge in [0.1, 0.15) is 11.3 Å². The summed E-state index contributed by atoms with van der Waals surface area (Å²) < 4.78 is 5.95. The molecule has 1 aromatic heterocycles. The zero-order valence-corrected chi connectivity index (χ0v) is 15.7. The van der Waals surface area contributed by atoms with Crippen LogP contribution in [0.4, 0.5) is 10.5 Å². The first kappa shape index (κ1) is 18.0. The van der Waals surface area contributed by atoms with Gasteiger partial charge in [-0.15, -0.1) is 0 Å². The highest BCUT2D eigenvalue weighted by Crippen LogP contribution is 2.45. The van der Waals surface area contributed by atoms with Gasteiger partial charge >= 0.3 is 6.03 Å². The van der Waals surface area contributed by atoms with E-state index in [0.29, 0.717) is 35.2 Å². The summed E-state index contributed by atoms with van der Waals surface area (Å²) in [6, 6.07) is 10.5. The van der Waals surface area contributed by atoms with E-state index in [1.165, 1.54) is 11.1 Å². The van der Waals surface area contributed by atoms with Crippen LogP contribution in [0.3, 0.4) is 0 Å². The zero-order chi connectivity index (χ0) is 19.9. The maximum atomic E-state index is 12.2. The molecule has 28 heavy (non-hydrogen) atoms. The van der Waals surface area contributed by atoms with E-state index in [9.17, 15) is 9.59 Å². The van der Waals surface area contributed by atoms with Crippen LogP contribution in [0, 0.1) is 11.3 Å². The first-order valence-electron chi connectivity index (χ1n) is 9.30. The second kappa shape index (κ2) is 6.64. The predicted molar refractivity (Wildman–Crippen MR) is 102 cm³/mol. The number of carbonyl (C=O) groups is 2. The van der Waals surface area contributed by atoms with Crippen LogP contribution in [0.15, 0.2) is 36.5 Å². The highest BCUT2D eigenvalue weighted by Gasteiger charge is 2.48. The molecule has 7 heteroatoms. The lowest BCUT2D eigenvalue weighted by Crippen LogP contribution is -2.46. The molecule has 2 aromatic rings. The number of anilines is 1. The first-order valence-corrected chi connectivity index (χ1v) is 9.30. The van der Waals surface area contributed by atoms with Gasteiger partial charge in [0, 0.05) is 6.07 Å². The lowest BCUT2D eigenvalue weighted by Gasteiger charge is -2.30. The average Bonchev–Trinajstić information content (AvgIpc) is 3.51. The van der Waals surface area contributed by atoms with Crippen molar-refractivity contribution < 1.29 is 14.3 Å². The minimum Gasteiger partial charge on any atom is -0.439 e. The summed E-state index contributed by atoms with van der Waals surface area (Å²) in [7, 11) is 0. The molecule has 0 spiro atoms. The van der Waals surface area contributed by atoms with Crippen molar-refractivity contribution >= 4 is 17.6 Å². The quantitative estimate of drug-likeness (QED) is 0.800. The summed E-state index contributed by atoms with van der Waals surface area (Å²) in [5, 5.41) is 11.5. The number of benzene rings is 1. The second-order valence-corrected chi connectivity index (χ2v) is 7.32. The van der Waals surface area contributed by atoms with Crippen molar-refractivity contribution in [3.63, 3.8) is 0 Å². The first-order chi connectivity index (χ1) is 13.5. The average molecular weight is 376 g/mol. The smallest absolute Gasteiger partial charge is 0.329 e. The molecule has 2 aliphatic rings. The lowest BCUT2D eigenvalue weighted by molar-refractivity contribution is -0.122. The maximum absolute atomic E-state index is 12.2. The number of nitriles is 1. The number of imide groups is 1. The molecule has 1 aliphatic heterocycles. The SMILES string of the molecule is CC[C@]1(C)C(=O)NC(=O)N1c1ccc(Oc2ccc(C#N)cc2C2CC2)nc1. The molecule has 7 nitrogen and oxygen atoms in total. The number of aromatic nitrogens is 1. The Labute approximate surface area is 162 Å². The van der Waals surface area contributed by atoms with E-state index in [1.807, 2.05) is 13.0 Å². The molecule has 1 saturated heterocycles. The fourth-order valence-corrected chi connectivity index (χ4v) is 3.44. The third-order valence-corrected chi connectivity index (χ3v) is 5.44. The molecule has 1 saturated carbocycles. The minimum atomic E-state index is -0.937. The molecular formula is C21H20N4O3. The van der Waals surface area contributed by atoms with Crippen molar-refractivity contribution in [3.05, 3.63) is 47.7 Å². The summed E-state index contributed by atoms with van der Waals surface area (Å²) in [6.45, 7) is 3.59. The maximum Gasteiger partial charge on any atom is 0.329 e. The Kier molecular flexibility index (Phi) is 4.27. The van der Waals surface area contributed by atoms with Crippen molar-refractivity contribution in [2.75, 3.05) is 4.90 Å². The van der Waals surface area contributed by atoms with Crippen LogP contribution >= 0.6 is 0 Å². The number of nitrogens with zero attached hydrogens (tertiary/aromatic N) is 3. The van der Waals surface area contributed by atoms with Crippen LogP contribution in [0.5, 0.6) is 11.6 Å². The van der Waals surface area contributed by atoms with E-state index < -0.39 is 11.6 Å². The predicted octanol–water partition coefficient (Wildman–Crippen LogP) is 3.85. The van der Waals surface area contributed by atoms with Crippen LogP contribution in [0.2, 0.25) is 0 Å². The Morgan fingerprint density at radius 1 is 1.32 bits per heavy atom.